The number of rotatable bonds is 3. The van der Waals surface area contributed by atoms with Gasteiger partial charge in [0.25, 0.3) is 0 Å². The number of aliphatic hydroxyl groups excluding tert-OH is 2. The van der Waals surface area contributed by atoms with E-state index in [0.29, 0.717) is 5.56 Å². The Kier molecular flexibility index (Phi) is 3.22. The summed E-state index contributed by atoms with van der Waals surface area (Å²) in [5, 5.41) is 18.3. The normalized spacial score (nSPS) is 12.9. The average molecular weight is 167 g/mol. The summed E-state index contributed by atoms with van der Waals surface area (Å²) in [4.78, 5) is 0. The largest absolute Gasteiger partial charge is 0.392 e. The lowest BCUT2D eigenvalue weighted by atomic mass is 10.0. The van der Waals surface area contributed by atoms with Gasteiger partial charge in [-0.15, -0.1) is 0 Å². The van der Waals surface area contributed by atoms with Crippen LogP contribution in [0.25, 0.3) is 0 Å². The second-order valence-corrected chi connectivity index (χ2v) is 2.61. The number of hydrogen-bond donors (Lipinski definition) is 3. The molecule has 0 amide bonds. The van der Waals surface area contributed by atoms with Crippen LogP contribution in [0.1, 0.15) is 17.2 Å². The molecular weight excluding hydrogens is 154 g/mol. The molecule has 3 heteroatoms. The topological polar surface area (TPSA) is 66.5 Å². The van der Waals surface area contributed by atoms with Gasteiger partial charge in [0.1, 0.15) is 0 Å². The molecule has 0 radical (unpaired) electrons. The summed E-state index contributed by atoms with van der Waals surface area (Å²) in [6, 6.07) is 7.17. The maximum absolute atomic E-state index is 9.41. The Balaban J connectivity index is 2.96. The Labute approximate surface area is 71.5 Å². The highest BCUT2D eigenvalue weighted by atomic mass is 16.3. The molecule has 1 rings (SSSR count). The number of hydrogen-bond acceptors (Lipinski definition) is 3. The molecule has 4 N–H and O–H groups in total. The highest BCUT2D eigenvalue weighted by Crippen LogP contribution is 2.16. The molecule has 0 aliphatic carbocycles. The first-order valence-electron chi connectivity index (χ1n) is 3.86. The van der Waals surface area contributed by atoms with E-state index in [9.17, 15) is 5.11 Å². The van der Waals surface area contributed by atoms with Crippen molar-refractivity contribution in [3.05, 3.63) is 35.4 Å². The van der Waals surface area contributed by atoms with Crippen LogP contribution in [0.3, 0.4) is 0 Å². The van der Waals surface area contributed by atoms with Gasteiger partial charge in [-0.3, -0.25) is 0 Å². The Bertz CT molecular complexity index is 250. The standard InChI is InChI=1S/C9H13NO2/c10-5-9(12)8-4-2-1-3-7(8)6-11/h1-4,9,11-12H,5-6,10H2. The molecule has 1 atom stereocenters. The van der Waals surface area contributed by atoms with Gasteiger partial charge < -0.3 is 15.9 Å². The molecule has 0 heterocycles. The van der Waals surface area contributed by atoms with E-state index in [1.807, 2.05) is 12.1 Å². The van der Waals surface area contributed by atoms with E-state index in [1.165, 1.54) is 0 Å². The summed E-state index contributed by atoms with van der Waals surface area (Å²) in [6.07, 6.45) is -0.673. The summed E-state index contributed by atoms with van der Waals surface area (Å²) in [5.41, 5.74) is 6.74. The predicted molar refractivity (Wildman–Crippen MR) is 46.4 cm³/mol. The van der Waals surface area contributed by atoms with Crippen LogP contribution in [0.5, 0.6) is 0 Å². The van der Waals surface area contributed by atoms with Crippen molar-refractivity contribution < 1.29 is 10.2 Å². The number of nitrogens with two attached hydrogens (primary N) is 1. The zero-order chi connectivity index (χ0) is 8.97. The van der Waals surface area contributed by atoms with Crippen molar-refractivity contribution >= 4 is 0 Å². The van der Waals surface area contributed by atoms with Gasteiger partial charge >= 0.3 is 0 Å². The van der Waals surface area contributed by atoms with Crippen molar-refractivity contribution in [3.63, 3.8) is 0 Å². The Morgan fingerprint density at radius 3 is 2.58 bits per heavy atom. The molecule has 0 aliphatic rings. The molecule has 12 heavy (non-hydrogen) atoms. The molecule has 0 saturated heterocycles. The quantitative estimate of drug-likeness (QED) is 0.601. The molecule has 1 aromatic rings. The van der Waals surface area contributed by atoms with Gasteiger partial charge in [0, 0.05) is 6.54 Å². The monoisotopic (exact) mass is 167 g/mol. The smallest absolute Gasteiger partial charge is 0.0915 e. The maximum atomic E-state index is 9.41. The highest BCUT2D eigenvalue weighted by molar-refractivity contribution is 5.28. The SMILES string of the molecule is NCC(O)c1ccccc1CO. The third-order valence-corrected chi connectivity index (χ3v) is 1.81. The van der Waals surface area contributed by atoms with Gasteiger partial charge in [0.15, 0.2) is 0 Å². The van der Waals surface area contributed by atoms with E-state index in [1.54, 1.807) is 12.1 Å². The zero-order valence-corrected chi connectivity index (χ0v) is 6.77. The van der Waals surface area contributed by atoms with Gasteiger partial charge in [0.05, 0.1) is 12.7 Å². The second kappa shape index (κ2) is 4.21. The van der Waals surface area contributed by atoms with Gasteiger partial charge in [-0.2, -0.15) is 0 Å². The minimum atomic E-state index is -0.673. The number of aliphatic hydroxyl groups is 2. The van der Waals surface area contributed by atoms with Crippen LogP contribution in [0.4, 0.5) is 0 Å². The number of benzene rings is 1. The molecule has 0 aliphatic heterocycles. The average Bonchev–Trinajstić information content (AvgIpc) is 2.16. The first-order chi connectivity index (χ1) is 5.79. The van der Waals surface area contributed by atoms with E-state index < -0.39 is 6.10 Å². The minimum absolute atomic E-state index is 0.0623. The van der Waals surface area contributed by atoms with Gasteiger partial charge in [-0.05, 0) is 11.1 Å². The fraction of sp³-hybridized carbons (Fsp3) is 0.333. The molecule has 3 nitrogen and oxygen atoms in total. The fourth-order valence-corrected chi connectivity index (χ4v) is 1.13. The fourth-order valence-electron chi connectivity index (χ4n) is 1.13. The summed E-state index contributed by atoms with van der Waals surface area (Å²) in [6.45, 7) is 0.115. The van der Waals surface area contributed by atoms with Gasteiger partial charge in [-0.25, -0.2) is 0 Å². The van der Waals surface area contributed by atoms with Crippen molar-refractivity contribution in [2.75, 3.05) is 6.54 Å². The summed E-state index contributed by atoms with van der Waals surface area (Å²) in [7, 11) is 0. The lowest BCUT2D eigenvalue weighted by molar-refractivity contribution is 0.181. The molecule has 1 aromatic carbocycles. The molecule has 0 spiro atoms. The lowest BCUT2D eigenvalue weighted by Gasteiger charge is -2.11. The van der Waals surface area contributed by atoms with Crippen molar-refractivity contribution in [2.24, 2.45) is 5.73 Å². The third-order valence-electron chi connectivity index (χ3n) is 1.81. The van der Waals surface area contributed by atoms with Crippen LogP contribution in [-0.4, -0.2) is 16.8 Å². The molecule has 0 bridgehead atoms. The Morgan fingerprint density at radius 1 is 1.33 bits per heavy atom. The van der Waals surface area contributed by atoms with Gasteiger partial charge in [0.2, 0.25) is 0 Å². The van der Waals surface area contributed by atoms with Crippen LogP contribution in [0.2, 0.25) is 0 Å². The van der Waals surface area contributed by atoms with Crippen LogP contribution in [-0.2, 0) is 6.61 Å². The third kappa shape index (κ3) is 1.82. The first kappa shape index (κ1) is 9.19. The lowest BCUT2D eigenvalue weighted by Crippen LogP contribution is -2.13. The van der Waals surface area contributed by atoms with Crippen molar-refractivity contribution in [2.45, 2.75) is 12.7 Å². The molecule has 0 saturated carbocycles. The molecule has 1 unspecified atom stereocenters. The van der Waals surface area contributed by atoms with Crippen molar-refractivity contribution in [1.29, 1.82) is 0 Å². The Morgan fingerprint density at radius 2 is 2.00 bits per heavy atom. The van der Waals surface area contributed by atoms with Crippen LogP contribution in [0, 0.1) is 0 Å². The van der Waals surface area contributed by atoms with E-state index in [-0.39, 0.29) is 13.2 Å². The minimum Gasteiger partial charge on any atom is -0.392 e. The zero-order valence-electron chi connectivity index (χ0n) is 6.77. The van der Waals surface area contributed by atoms with E-state index in [0.717, 1.165) is 5.56 Å². The molecule has 0 fully saturated rings. The van der Waals surface area contributed by atoms with Crippen molar-refractivity contribution in [3.8, 4) is 0 Å². The predicted octanol–water partition coefficient (Wildman–Crippen LogP) is 0.171. The van der Waals surface area contributed by atoms with E-state index in [2.05, 4.69) is 0 Å². The molecular formula is C9H13NO2. The van der Waals surface area contributed by atoms with E-state index in [4.69, 9.17) is 10.8 Å². The first-order valence-corrected chi connectivity index (χ1v) is 3.86. The van der Waals surface area contributed by atoms with Crippen LogP contribution < -0.4 is 5.73 Å². The molecule has 0 aromatic heterocycles. The summed E-state index contributed by atoms with van der Waals surface area (Å²) in [5.74, 6) is 0. The second-order valence-electron chi connectivity index (χ2n) is 2.61. The molecule has 66 valence electrons. The van der Waals surface area contributed by atoms with Crippen LogP contribution in [0.15, 0.2) is 24.3 Å². The summed E-state index contributed by atoms with van der Waals surface area (Å²) < 4.78 is 0. The van der Waals surface area contributed by atoms with Gasteiger partial charge in [-0.1, -0.05) is 24.3 Å². The highest BCUT2D eigenvalue weighted by Gasteiger charge is 2.08. The van der Waals surface area contributed by atoms with E-state index >= 15 is 0 Å². The summed E-state index contributed by atoms with van der Waals surface area (Å²) >= 11 is 0. The van der Waals surface area contributed by atoms with Crippen molar-refractivity contribution in [1.82, 2.24) is 0 Å². The maximum Gasteiger partial charge on any atom is 0.0915 e. The Hall–Kier alpha value is -0.900. The van der Waals surface area contributed by atoms with Crippen LogP contribution >= 0.6 is 0 Å².